The van der Waals surface area contributed by atoms with Gasteiger partial charge in [-0.3, -0.25) is 9.10 Å². The highest BCUT2D eigenvalue weighted by atomic mass is 32.2. The molecule has 0 heterocycles. The molecule has 6 nitrogen and oxygen atoms in total. The normalized spacial score (nSPS) is 11.7. The van der Waals surface area contributed by atoms with Gasteiger partial charge in [-0.2, -0.15) is 13.2 Å². The fraction of sp³-hybridized carbons (Fsp3) is 0.278. The molecule has 2 aromatic rings. The molecule has 0 spiro atoms. The number of para-hydroxylation sites is 1. The lowest BCUT2D eigenvalue weighted by atomic mass is 10.3. The Morgan fingerprint density at radius 1 is 1.07 bits per heavy atom. The van der Waals surface area contributed by atoms with E-state index < -0.39 is 35.3 Å². The molecule has 0 unspecified atom stereocenters. The third kappa shape index (κ3) is 5.88. The second kappa shape index (κ2) is 8.96. The summed E-state index contributed by atoms with van der Waals surface area (Å²) >= 11 is 0. The number of alkyl halides is 3. The zero-order valence-corrected chi connectivity index (χ0v) is 15.8. The second-order valence-electron chi connectivity index (χ2n) is 5.66. The number of nitrogens with one attached hydrogen (secondary N) is 1. The highest BCUT2D eigenvalue weighted by Gasteiger charge is 2.27. The maximum atomic E-state index is 12.8. The topological polar surface area (TPSA) is 75.7 Å². The largest absolute Gasteiger partial charge is 0.484 e. The van der Waals surface area contributed by atoms with Gasteiger partial charge in [-0.25, -0.2) is 8.42 Å². The Balaban J connectivity index is 2.04. The highest BCUT2D eigenvalue weighted by Crippen LogP contribution is 2.24. The molecule has 1 N–H and O–H groups in total. The molecule has 2 rings (SSSR count). The molecule has 0 aromatic heterocycles. The van der Waals surface area contributed by atoms with Crippen molar-refractivity contribution in [3.63, 3.8) is 0 Å². The number of amides is 1. The minimum absolute atomic E-state index is 0.0204. The van der Waals surface area contributed by atoms with Crippen LogP contribution in [0.4, 0.5) is 18.9 Å². The number of carbonyl (C=O) groups is 1. The molecule has 1 amide bonds. The molecule has 0 aliphatic carbocycles. The van der Waals surface area contributed by atoms with Gasteiger partial charge in [-0.1, -0.05) is 18.2 Å². The smallest absolute Gasteiger partial charge is 0.405 e. The molecule has 0 saturated heterocycles. The SMILES string of the molecule is CCN(c1ccccc1)S(=O)(=O)c1ccc(OCC(=O)NCC(F)(F)F)cc1. The van der Waals surface area contributed by atoms with Gasteiger partial charge in [0.05, 0.1) is 10.6 Å². The van der Waals surface area contributed by atoms with Gasteiger partial charge in [-0.15, -0.1) is 0 Å². The van der Waals surface area contributed by atoms with Crippen molar-refractivity contribution in [2.75, 3.05) is 24.0 Å². The standard InChI is InChI=1S/C18H19F3N2O4S/c1-2-23(14-6-4-3-5-7-14)28(25,26)16-10-8-15(9-11-16)27-12-17(24)22-13-18(19,20)21/h3-11H,2,12-13H2,1H3,(H,22,24). The molecule has 2 aromatic carbocycles. The fourth-order valence-corrected chi connectivity index (χ4v) is 3.79. The summed E-state index contributed by atoms with van der Waals surface area (Å²) in [6.07, 6.45) is -4.50. The van der Waals surface area contributed by atoms with Gasteiger partial charge in [-0.05, 0) is 43.3 Å². The van der Waals surface area contributed by atoms with Crippen LogP contribution in [-0.4, -0.2) is 40.2 Å². The van der Waals surface area contributed by atoms with Crippen molar-refractivity contribution in [3.8, 4) is 5.75 Å². The van der Waals surface area contributed by atoms with Crippen LogP contribution >= 0.6 is 0 Å². The summed E-state index contributed by atoms with van der Waals surface area (Å²) in [6, 6.07) is 13.9. The molecule has 28 heavy (non-hydrogen) atoms. The van der Waals surface area contributed by atoms with E-state index in [0.717, 1.165) is 0 Å². The molecule has 152 valence electrons. The van der Waals surface area contributed by atoms with Crippen molar-refractivity contribution in [3.05, 3.63) is 54.6 Å². The summed E-state index contributed by atoms with van der Waals surface area (Å²) in [4.78, 5) is 11.4. The Kier molecular flexibility index (Phi) is 6.90. The van der Waals surface area contributed by atoms with Crippen LogP contribution in [0.3, 0.4) is 0 Å². The molecule has 10 heteroatoms. The third-order valence-corrected chi connectivity index (χ3v) is 5.52. The van der Waals surface area contributed by atoms with E-state index in [1.807, 2.05) is 0 Å². The lowest BCUT2D eigenvalue weighted by molar-refractivity contribution is -0.139. The molecule has 0 aliphatic heterocycles. The lowest BCUT2D eigenvalue weighted by Gasteiger charge is -2.23. The first-order valence-corrected chi connectivity index (χ1v) is 9.71. The average molecular weight is 416 g/mol. The number of sulfonamides is 1. The Morgan fingerprint density at radius 3 is 2.21 bits per heavy atom. The summed E-state index contributed by atoms with van der Waals surface area (Å²) in [7, 11) is -3.80. The first-order chi connectivity index (χ1) is 13.1. The number of hydrogen-bond acceptors (Lipinski definition) is 4. The number of hydrogen-bond donors (Lipinski definition) is 1. The summed E-state index contributed by atoms with van der Waals surface area (Å²) in [5, 5.41) is 1.68. The van der Waals surface area contributed by atoms with Crippen LogP contribution in [-0.2, 0) is 14.8 Å². The number of carbonyl (C=O) groups excluding carboxylic acids is 1. The molecule has 0 saturated carbocycles. The van der Waals surface area contributed by atoms with Gasteiger partial charge in [0.1, 0.15) is 12.3 Å². The van der Waals surface area contributed by atoms with Gasteiger partial charge < -0.3 is 10.1 Å². The molecule has 0 radical (unpaired) electrons. The maximum Gasteiger partial charge on any atom is 0.405 e. The van der Waals surface area contributed by atoms with Crippen LogP contribution in [0.15, 0.2) is 59.5 Å². The number of rotatable bonds is 8. The summed E-state index contributed by atoms with van der Waals surface area (Å²) in [5.41, 5.74) is 0.520. The van der Waals surface area contributed by atoms with E-state index in [4.69, 9.17) is 4.74 Å². The Hall–Kier alpha value is -2.75. The van der Waals surface area contributed by atoms with Crippen LogP contribution in [0.5, 0.6) is 5.75 Å². The molecule has 0 aliphatic rings. The third-order valence-electron chi connectivity index (χ3n) is 3.60. The molecule has 0 fully saturated rings. The second-order valence-corrected chi connectivity index (χ2v) is 7.52. The summed E-state index contributed by atoms with van der Waals surface area (Å²) in [6.45, 7) is -0.127. The predicted molar refractivity (Wildman–Crippen MR) is 97.6 cm³/mol. The van der Waals surface area contributed by atoms with E-state index >= 15 is 0 Å². The van der Waals surface area contributed by atoms with E-state index in [-0.39, 0.29) is 17.2 Å². The maximum absolute atomic E-state index is 12.8. The Morgan fingerprint density at radius 2 is 1.68 bits per heavy atom. The number of nitrogens with zero attached hydrogens (tertiary/aromatic N) is 1. The molecular weight excluding hydrogens is 397 g/mol. The van der Waals surface area contributed by atoms with Gasteiger partial charge in [0.15, 0.2) is 6.61 Å². The molecule has 0 bridgehead atoms. The zero-order valence-electron chi connectivity index (χ0n) is 14.9. The highest BCUT2D eigenvalue weighted by molar-refractivity contribution is 7.92. The lowest BCUT2D eigenvalue weighted by Crippen LogP contribution is -2.36. The predicted octanol–water partition coefficient (Wildman–Crippen LogP) is 2.96. The van der Waals surface area contributed by atoms with Crippen LogP contribution in [0.2, 0.25) is 0 Å². The van der Waals surface area contributed by atoms with E-state index in [0.29, 0.717) is 5.69 Å². The number of benzene rings is 2. The van der Waals surface area contributed by atoms with Crippen molar-refractivity contribution in [1.82, 2.24) is 5.32 Å². The number of halogens is 3. The fourth-order valence-electron chi connectivity index (χ4n) is 2.32. The van der Waals surface area contributed by atoms with E-state index in [9.17, 15) is 26.4 Å². The zero-order chi connectivity index (χ0) is 20.8. The van der Waals surface area contributed by atoms with Crippen LogP contribution in [0.1, 0.15) is 6.92 Å². The van der Waals surface area contributed by atoms with Crippen molar-refractivity contribution < 1.29 is 31.1 Å². The van der Waals surface area contributed by atoms with Crippen LogP contribution in [0, 0.1) is 0 Å². The van der Waals surface area contributed by atoms with E-state index in [1.165, 1.54) is 28.6 Å². The molecule has 0 atom stereocenters. The molecular formula is C18H19F3N2O4S. The quantitative estimate of drug-likeness (QED) is 0.718. The minimum Gasteiger partial charge on any atom is -0.484 e. The van der Waals surface area contributed by atoms with Crippen LogP contribution in [0.25, 0.3) is 0 Å². The first kappa shape index (κ1) is 21.5. The van der Waals surface area contributed by atoms with Crippen molar-refractivity contribution in [2.24, 2.45) is 0 Å². The minimum atomic E-state index is -4.50. The monoisotopic (exact) mass is 416 g/mol. The van der Waals surface area contributed by atoms with E-state index in [2.05, 4.69) is 0 Å². The van der Waals surface area contributed by atoms with Gasteiger partial charge in [0, 0.05) is 6.54 Å². The first-order valence-electron chi connectivity index (χ1n) is 8.27. The van der Waals surface area contributed by atoms with Crippen LogP contribution < -0.4 is 14.4 Å². The van der Waals surface area contributed by atoms with Gasteiger partial charge in [0.25, 0.3) is 15.9 Å². The van der Waals surface area contributed by atoms with Gasteiger partial charge in [0.2, 0.25) is 0 Å². The summed E-state index contributed by atoms with van der Waals surface area (Å²) < 4.78 is 68.1. The van der Waals surface area contributed by atoms with Crippen molar-refractivity contribution in [2.45, 2.75) is 18.0 Å². The number of anilines is 1. The summed E-state index contributed by atoms with van der Waals surface area (Å²) in [5.74, 6) is -0.779. The van der Waals surface area contributed by atoms with Crippen molar-refractivity contribution in [1.29, 1.82) is 0 Å². The van der Waals surface area contributed by atoms with Gasteiger partial charge >= 0.3 is 6.18 Å². The number of ether oxygens (including phenoxy) is 1. The van der Waals surface area contributed by atoms with Crippen molar-refractivity contribution >= 4 is 21.6 Å². The van der Waals surface area contributed by atoms with E-state index in [1.54, 1.807) is 42.6 Å². The average Bonchev–Trinajstić information content (AvgIpc) is 2.66. The Bertz CT molecular complexity index is 885. The Labute approximate surface area is 161 Å².